The SMILES string of the molecule is CC.CC.CC(=O)N1CCC(C)C1.CC(=O)N1CCCC(C)C1. The van der Waals surface area contributed by atoms with Crippen molar-refractivity contribution >= 4 is 11.8 Å². The molecule has 2 heterocycles. The van der Waals surface area contributed by atoms with Gasteiger partial charge in [0.25, 0.3) is 0 Å². The van der Waals surface area contributed by atoms with Crippen molar-refractivity contribution in [2.45, 2.75) is 74.7 Å². The molecule has 0 aromatic carbocycles. The summed E-state index contributed by atoms with van der Waals surface area (Å²) in [5.74, 6) is 1.87. The van der Waals surface area contributed by atoms with Gasteiger partial charge in [-0.15, -0.1) is 0 Å². The van der Waals surface area contributed by atoms with Crippen molar-refractivity contribution in [2.75, 3.05) is 26.2 Å². The highest BCUT2D eigenvalue weighted by molar-refractivity contribution is 5.73. The Hall–Kier alpha value is -1.06. The summed E-state index contributed by atoms with van der Waals surface area (Å²) in [5.41, 5.74) is 0. The van der Waals surface area contributed by atoms with Crippen LogP contribution in [-0.4, -0.2) is 47.8 Å². The van der Waals surface area contributed by atoms with Crippen LogP contribution in [0.1, 0.15) is 74.7 Å². The van der Waals surface area contributed by atoms with Crippen LogP contribution in [0.4, 0.5) is 0 Å². The van der Waals surface area contributed by atoms with Gasteiger partial charge in [-0.05, 0) is 31.1 Å². The average molecular weight is 329 g/mol. The standard InChI is InChI=1S/C8H15NO.C7H13NO.2C2H6/c1-7-4-3-5-9(6-7)8(2)10;1-6-3-4-8(5-6)7(2)9;2*1-2/h7H,3-6H2,1-2H3;6H,3-5H2,1-2H3;2*1-2H3. The molecule has 2 aliphatic heterocycles. The third-order valence-electron chi connectivity index (χ3n) is 3.97. The largest absolute Gasteiger partial charge is 0.343 e. The normalized spacial score (nSPS) is 22.6. The first-order valence-electron chi connectivity index (χ1n) is 9.41. The minimum Gasteiger partial charge on any atom is -0.343 e. The lowest BCUT2D eigenvalue weighted by Crippen LogP contribution is -2.37. The maximum Gasteiger partial charge on any atom is 0.219 e. The lowest BCUT2D eigenvalue weighted by Gasteiger charge is -2.29. The van der Waals surface area contributed by atoms with Gasteiger partial charge in [0.15, 0.2) is 0 Å². The van der Waals surface area contributed by atoms with Gasteiger partial charge < -0.3 is 9.80 Å². The number of carbonyl (C=O) groups is 2. The first-order chi connectivity index (χ1) is 10.9. The quantitative estimate of drug-likeness (QED) is 0.669. The molecule has 0 aliphatic carbocycles. The summed E-state index contributed by atoms with van der Waals surface area (Å²) in [5, 5.41) is 0. The number of hydrogen-bond acceptors (Lipinski definition) is 2. The van der Waals surface area contributed by atoms with E-state index in [9.17, 15) is 9.59 Å². The van der Waals surface area contributed by atoms with Crippen LogP contribution >= 0.6 is 0 Å². The topological polar surface area (TPSA) is 40.6 Å². The predicted octanol–water partition coefficient (Wildman–Crippen LogP) is 4.19. The Morgan fingerprint density at radius 3 is 1.39 bits per heavy atom. The van der Waals surface area contributed by atoms with Gasteiger partial charge in [0.2, 0.25) is 11.8 Å². The molecule has 4 nitrogen and oxygen atoms in total. The summed E-state index contributed by atoms with van der Waals surface area (Å²) in [7, 11) is 0. The monoisotopic (exact) mass is 328 g/mol. The van der Waals surface area contributed by atoms with Crippen molar-refractivity contribution in [3.8, 4) is 0 Å². The van der Waals surface area contributed by atoms with Gasteiger partial charge in [-0.2, -0.15) is 0 Å². The van der Waals surface area contributed by atoms with E-state index >= 15 is 0 Å². The highest BCUT2D eigenvalue weighted by Gasteiger charge is 2.19. The van der Waals surface area contributed by atoms with Crippen molar-refractivity contribution in [3.05, 3.63) is 0 Å². The summed E-state index contributed by atoms with van der Waals surface area (Å²) in [4.78, 5) is 25.4. The Labute approximate surface area is 144 Å². The second-order valence-corrected chi connectivity index (χ2v) is 6.07. The van der Waals surface area contributed by atoms with E-state index in [4.69, 9.17) is 0 Å². The van der Waals surface area contributed by atoms with Gasteiger partial charge in [0.05, 0.1) is 0 Å². The van der Waals surface area contributed by atoms with Gasteiger partial charge in [-0.1, -0.05) is 41.5 Å². The summed E-state index contributed by atoms with van der Waals surface area (Å²) < 4.78 is 0. The molecule has 23 heavy (non-hydrogen) atoms. The molecule has 0 aromatic rings. The first kappa shape index (κ1) is 24.2. The predicted molar refractivity (Wildman–Crippen MR) is 99.4 cm³/mol. The van der Waals surface area contributed by atoms with Gasteiger partial charge in [0, 0.05) is 40.0 Å². The maximum atomic E-state index is 10.9. The third kappa shape index (κ3) is 11.2. The zero-order valence-electron chi connectivity index (χ0n) is 16.8. The van der Waals surface area contributed by atoms with Crippen LogP contribution in [0, 0.1) is 11.8 Å². The molecule has 0 aromatic heterocycles. The van der Waals surface area contributed by atoms with Crippen LogP contribution in [0.2, 0.25) is 0 Å². The maximum absolute atomic E-state index is 10.9. The molecule has 0 N–H and O–H groups in total. The molecule has 2 atom stereocenters. The fourth-order valence-electron chi connectivity index (χ4n) is 2.70. The molecule has 2 aliphatic rings. The summed E-state index contributed by atoms with van der Waals surface area (Å²) in [6.45, 7) is 19.6. The smallest absolute Gasteiger partial charge is 0.219 e. The molecule has 0 radical (unpaired) electrons. The summed E-state index contributed by atoms with van der Waals surface area (Å²) >= 11 is 0. The van der Waals surface area contributed by atoms with E-state index in [1.54, 1.807) is 13.8 Å². The van der Waals surface area contributed by atoms with Crippen LogP contribution in [0.3, 0.4) is 0 Å². The first-order valence-corrected chi connectivity index (χ1v) is 9.41. The van der Waals surface area contributed by atoms with Crippen LogP contribution in [0.5, 0.6) is 0 Å². The number of rotatable bonds is 0. The lowest BCUT2D eigenvalue weighted by molar-refractivity contribution is -0.130. The second-order valence-electron chi connectivity index (χ2n) is 6.07. The average Bonchev–Trinajstić information content (AvgIpc) is 2.99. The Morgan fingerprint density at radius 1 is 0.739 bits per heavy atom. The van der Waals surface area contributed by atoms with Gasteiger partial charge in [-0.3, -0.25) is 9.59 Å². The van der Waals surface area contributed by atoms with Crippen molar-refractivity contribution in [1.29, 1.82) is 0 Å². The molecule has 2 unspecified atom stereocenters. The summed E-state index contributed by atoms with van der Waals surface area (Å²) in [6.07, 6.45) is 3.64. The van der Waals surface area contributed by atoms with E-state index in [0.717, 1.165) is 26.2 Å². The molecule has 2 fully saturated rings. The molecule has 0 saturated carbocycles. The lowest BCUT2D eigenvalue weighted by atomic mass is 10.0. The molecule has 138 valence electrons. The van der Waals surface area contributed by atoms with Crippen molar-refractivity contribution in [2.24, 2.45) is 11.8 Å². The molecular formula is C19H40N2O2. The van der Waals surface area contributed by atoms with Crippen molar-refractivity contribution in [3.63, 3.8) is 0 Å². The third-order valence-corrected chi connectivity index (χ3v) is 3.97. The molecule has 0 spiro atoms. The number of carbonyl (C=O) groups excluding carboxylic acids is 2. The minimum atomic E-state index is 0.222. The van der Waals surface area contributed by atoms with E-state index in [1.807, 2.05) is 37.5 Å². The van der Waals surface area contributed by atoms with Crippen molar-refractivity contribution in [1.82, 2.24) is 9.80 Å². The highest BCUT2D eigenvalue weighted by Crippen LogP contribution is 2.15. The second kappa shape index (κ2) is 14.5. The van der Waals surface area contributed by atoms with Crippen LogP contribution in [0.15, 0.2) is 0 Å². The molecule has 2 rings (SSSR count). The zero-order valence-corrected chi connectivity index (χ0v) is 16.8. The molecule has 2 saturated heterocycles. The van der Waals surface area contributed by atoms with Crippen LogP contribution in [0.25, 0.3) is 0 Å². The number of nitrogens with zero attached hydrogens (tertiary/aromatic N) is 2. The van der Waals surface area contributed by atoms with Crippen LogP contribution in [-0.2, 0) is 9.59 Å². The Bertz CT molecular complexity index is 318. The van der Waals surface area contributed by atoms with E-state index < -0.39 is 0 Å². The van der Waals surface area contributed by atoms with E-state index in [-0.39, 0.29) is 11.8 Å². The molecule has 0 bridgehead atoms. The van der Waals surface area contributed by atoms with E-state index in [2.05, 4.69) is 13.8 Å². The van der Waals surface area contributed by atoms with Crippen molar-refractivity contribution < 1.29 is 9.59 Å². The molecular weight excluding hydrogens is 288 g/mol. The number of amides is 2. The van der Waals surface area contributed by atoms with Gasteiger partial charge >= 0.3 is 0 Å². The zero-order chi connectivity index (χ0) is 18.4. The minimum absolute atomic E-state index is 0.222. The van der Waals surface area contributed by atoms with E-state index in [0.29, 0.717) is 11.8 Å². The highest BCUT2D eigenvalue weighted by atomic mass is 16.2. The number of likely N-dealkylation sites (tertiary alicyclic amines) is 2. The Balaban J connectivity index is 0. The van der Waals surface area contributed by atoms with E-state index in [1.165, 1.54) is 19.3 Å². The molecule has 4 heteroatoms. The molecule has 2 amide bonds. The summed E-state index contributed by atoms with van der Waals surface area (Å²) in [6, 6.07) is 0. The Morgan fingerprint density at radius 2 is 1.13 bits per heavy atom. The van der Waals surface area contributed by atoms with Gasteiger partial charge in [0.1, 0.15) is 0 Å². The number of piperidine rings is 1. The fraction of sp³-hybridized carbons (Fsp3) is 0.895. The Kier molecular flexibility index (Phi) is 15.3. The fourth-order valence-corrected chi connectivity index (χ4v) is 2.70. The number of hydrogen-bond donors (Lipinski definition) is 0. The van der Waals surface area contributed by atoms with Crippen LogP contribution < -0.4 is 0 Å². The van der Waals surface area contributed by atoms with Gasteiger partial charge in [-0.25, -0.2) is 0 Å².